The first-order valence-electron chi connectivity index (χ1n) is 10.9. The van der Waals surface area contributed by atoms with Gasteiger partial charge in [0.1, 0.15) is 17.4 Å². The lowest BCUT2D eigenvalue weighted by Gasteiger charge is -2.39. The largest absolute Gasteiger partial charge is 0.493 e. The number of nitrogens with zero attached hydrogens (tertiary/aromatic N) is 1. The van der Waals surface area contributed by atoms with Gasteiger partial charge >= 0.3 is 6.18 Å². The van der Waals surface area contributed by atoms with Crippen LogP contribution in [0.3, 0.4) is 0 Å². The molecule has 2 fully saturated rings. The summed E-state index contributed by atoms with van der Waals surface area (Å²) in [4.78, 5) is 14.1. The monoisotopic (exact) mass is 520 g/mol. The van der Waals surface area contributed by atoms with Gasteiger partial charge in [0, 0.05) is 33.0 Å². The maximum absolute atomic E-state index is 14.6. The third kappa shape index (κ3) is 6.29. The molecule has 0 bridgehead atoms. The number of likely N-dealkylation sites (tertiary alicyclic amines) is 1. The summed E-state index contributed by atoms with van der Waals surface area (Å²) in [7, 11) is -3.85. The number of carbonyl (C=O) groups is 1. The molecule has 0 spiro atoms. The van der Waals surface area contributed by atoms with Crippen molar-refractivity contribution >= 4 is 15.9 Å². The van der Waals surface area contributed by atoms with Gasteiger partial charge in [-0.05, 0) is 48.1 Å². The van der Waals surface area contributed by atoms with E-state index in [4.69, 9.17) is 4.74 Å². The summed E-state index contributed by atoms with van der Waals surface area (Å²) in [6, 6.07) is 5.29. The lowest BCUT2D eigenvalue weighted by Crippen LogP contribution is -2.48. The van der Waals surface area contributed by atoms with Crippen molar-refractivity contribution in [1.82, 2.24) is 9.62 Å². The van der Waals surface area contributed by atoms with E-state index in [0.717, 1.165) is 37.3 Å². The Morgan fingerprint density at radius 1 is 1.14 bits per heavy atom. The fourth-order valence-electron chi connectivity index (χ4n) is 4.07. The molecule has 1 heterocycles. The van der Waals surface area contributed by atoms with Crippen LogP contribution in [0.5, 0.6) is 5.75 Å². The smallest absolute Gasteiger partial charge is 0.419 e. The standard InChI is InChI=1S/C23H23F5N2O4S.H2/c1-35(32,33)29-22(31)17-7-16(15-3-4-15)21(8-19(17)24)34-12-14-10-30(11-14)9-13-2-5-18(20(25)6-13)23(26,27)28;/h2,5-8,14-15H,3-4,9-12H2,1H3,(H,29,31);1H. The first kappa shape index (κ1) is 25.4. The number of alkyl halides is 3. The average molecular weight is 521 g/mol. The summed E-state index contributed by atoms with van der Waals surface area (Å²) >= 11 is 0. The Balaban J connectivity index is 0.00000361. The molecule has 1 aliphatic heterocycles. The molecule has 1 N–H and O–H groups in total. The molecule has 192 valence electrons. The molecule has 2 aliphatic rings. The Hall–Kier alpha value is -2.73. The Morgan fingerprint density at radius 3 is 2.40 bits per heavy atom. The number of hydrogen-bond donors (Lipinski definition) is 1. The van der Waals surface area contributed by atoms with Gasteiger partial charge in [0.25, 0.3) is 5.91 Å². The van der Waals surface area contributed by atoms with E-state index in [9.17, 15) is 35.2 Å². The van der Waals surface area contributed by atoms with Crippen molar-refractivity contribution in [2.45, 2.75) is 31.5 Å². The van der Waals surface area contributed by atoms with Gasteiger partial charge in [0.05, 0.1) is 24.0 Å². The normalized spacial score (nSPS) is 17.2. The number of halogens is 5. The first-order valence-corrected chi connectivity index (χ1v) is 12.8. The SMILES string of the molecule is CS(=O)(=O)NC(=O)c1cc(C2CC2)c(OCC2CN(Cc3ccc(C(F)(F)F)c(F)c3)C2)cc1F.[HH]. The lowest BCUT2D eigenvalue weighted by molar-refractivity contribution is -0.140. The van der Waals surface area contributed by atoms with Crippen molar-refractivity contribution in [2.75, 3.05) is 26.0 Å². The molecule has 1 saturated heterocycles. The molecular weight excluding hydrogens is 495 g/mol. The number of amides is 1. The van der Waals surface area contributed by atoms with Gasteiger partial charge in [-0.15, -0.1) is 0 Å². The summed E-state index contributed by atoms with van der Waals surface area (Å²) in [5.74, 6) is -2.78. The second-order valence-electron chi connectivity index (χ2n) is 9.03. The van der Waals surface area contributed by atoms with E-state index in [0.29, 0.717) is 30.0 Å². The highest BCUT2D eigenvalue weighted by molar-refractivity contribution is 7.89. The Morgan fingerprint density at radius 2 is 1.83 bits per heavy atom. The molecule has 35 heavy (non-hydrogen) atoms. The molecule has 1 aliphatic carbocycles. The third-order valence-corrected chi connectivity index (χ3v) is 6.45. The van der Waals surface area contributed by atoms with Crippen molar-refractivity contribution < 1.29 is 41.3 Å². The van der Waals surface area contributed by atoms with Gasteiger partial charge in [-0.3, -0.25) is 9.69 Å². The van der Waals surface area contributed by atoms with Crippen molar-refractivity contribution in [3.05, 3.63) is 64.2 Å². The van der Waals surface area contributed by atoms with Crippen molar-refractivity contribution in [3.63, 3.8) is 0 Å². The van der Waals surface area contributed by atoms with Crippen LogP contribution in [0.25, 0.3) is 0 Å². The molecule has 1 saturated carbocycles. The molecule has 0 radical (unpaired) electrons. The molecule has 2 aromatic carbocycles. The summed E-state index contributed by atoms with van der Waals surface area (Å²) < 4.78 is 96.6. The summed E-state index contributed by atoms with van der Waals surface area (Å²) in [5.41, 5.74) is -0.602. The summed E-state index contributed by atoms with van der Waals surface area (Å²) in [6.45, 7) is 1.68. The van der Waals surface area contributed by atoms with Crippen LogP contribution in [0, 0.1) is 17.6 Å². The fraction of sp³-hybridized carbons (Fsp3) is 0.435. The highest BCUT2D eigenvalue weighted by Gasteiger charge is 2.35. The van der Waals surface area contributed by atoms with Gasteiger partial charge in [0.2, 0.25) is 10.0 Å². The fourth-order valence-corrected chi connectivity index (χ4v) is 4.52. The van der Waals surface area contributed by atoms with E-state index in [1.807, 2.05) is 4.90 Å². The Bertz CT molecular complexity index is 1250. The van der Waals surface area contributed by atoms with Gasteiger partial charge < -0.3 is 4.74 Å². The minimum atomic E-state index is -4.74. The highest BCUT2D eigenvalue weighted by Crippen LogP contribution is 2.45. The molecule has 1 amide bonds. The Labute approximate surface area is 200 Å². The number of sulfonamides is 1. The second-order valence-corrected chi connectivity index (χ2v) is 10.8. The van der Waals surface area contributed by atoms with E-state index in [2.05, 4.69) is 0 Å². The zero-order chi connectivity index (χ0) is 25.5. The van der Waals surface area contributed by atoms with Crippen molar-refractivity contribution in [3.8, 4) is 5.75 Å². The van der Waals surface area contributed by atoms with Crippen LogP contribution < -0.4 is 9.46 Å². The predicted molar refractivity (Wildman–Crippen MR) is 118 cm³/mol. The molecule has 4 rings (SSSR count). The summed E-state index contributed by atoms with van der Waals surface area (Å²) in [5, 5.41) is 0. The highest BCUT2D eigenvalue weighted by atomic mass is 32.2. The number of ether oxygens (including phenoxy) is 1. The predicted octanol–water partition coefficient (Wildman–Crippen LogP) is 4.31. The van der Waals surface area contributed by atoms with Crippen molar-refractivity contribution in [2.24, 2.45) is 5.92 Å². The quantitative estimate of drug-likeness (QED) is 0.526. The average Bonchev–Trinajstić information content (AvgIpc) is 3.52. The van der Waals surface area contributed by atoms with E-state index in [1.165, 1.54) is 12.1 Å². The minimum absolute atomic E-state index is 0. The summed E-state index contributed by atoms with van der Waals surface area (Å²) in [6.07, 6.45) is -2.25. The van der Waals surface area contributed by atoms with Crippen LogP contribution in [-0.2, 0) is 22.7 Å². The van der Waals surface area contributed by atoms with E-state index >= 15 is 0 Å². The lowest BCUT2D eigenvalue weighted by atomic mass is 9.99. The molecule has 0 atom stereocenters. The molecule has 0 unspecified atom stereocenters. The molecule has 2 aromatic rings. The maximum atomic E-state index is 14.6. The first-order chi connectivity index (χ1) is 16.3. The molecular formula is C23H25F5N2O4S. The topological polar surface area (TPSA) is 75.7 Å². The van der Waals surface area contributed by atoms with Gasteiger partial charge in [-0.1, -0.05) is 6.07 Å². The number of rotatable bonds is 8. The van der Waals surface area contributed by atoms with Gasteiger partial charge in [0.15, 0.2) is 0 Å². The van der Waals surface area contributed by atoms with Crippen LogP contribution in [-0.4, -0.2) is 45.2 Å². The maximum Gasteiger partial charge on any atom is 0.419 e. The molecule has 12 heteroatoms. The molecule has 6 nitrogen and oxygen atoms in total. The molecule has 0 aromatic heterocycles. The number of nitrogens with one attached hydrogen (secondary N) is 1. The zero-order valence-corrected chi connectivity index (χ0v) is 19.5. The van der Waals surface area contributed by atoms with E-state index in [1.54, 1.807) is 4.72 Å². The van der Waals surface area contributed by atoms with Crippen LogP contribution in [0.2, 0.25) is 0 Å². The number of benzene rings is 2. The zero-order valence-electron chi connectivity index (χ0n) is 18.7. The second kappa shape index (κ2) is 9.38. The van der Waals surface area contributed by atoms with E-state index < -0.39 is 39.3 Å². The van der Waals surface area contributed by atoms with Crippen molar-refractivity contribution in [1.29, 1.82) is 0 Å². The van der Waals surface area contributed by atoms with Crippen LogP contribution >= 0.6 is 0 Å². The van der Waals surface area contributed by atoms with Crippen LogP contribution in [0.1, 0.15) is 47.2 Å². The van der Waals surface area contributed by atoms with Gasteiger partial charge in [-0.25, -0.2) is 21.9 Å². The van der Waals surface area contributed by atoms with Crippen LogP contribution in [0.15, 0.2) is 30.3 Å². The minimum Gasteiger partial charge on any atom is -0.493 e. The van der Waals surface area contributed by atoms with Crippen LogP contribution in [0.4, 0.5) is 22.0 Å². The number of hydrogen-bond acceptors (Lipinski definition) is 5. The van der Waals surface area contributed by atoms with E-state index in [-0.39, 0.29) is 32.0 Å². The Kier molecular flexibility index (Phi) is 6.80. The van der Waals surface area contributed by atoms with Gasteiger partial charge in [-0.2, -0.15) is 13.2 Å². The third-order valence-electron chi connectivity index (χ3n) is 5.89. The number of carbonyl (C=O) groups excluding carboxylic acids is 1.